The molecule has 2 unspecified atom stereocenters. The van der Waals surface area contributed by atoms with Gasteiger partial charge < -0.3 is 10.1 Å². The minimum Gasteiger partial charge on any atom is -0.378 e. The molecule has 1 N–H and O–H groups in total. The second-order valence-electron chi connectivity index (χ2n) is 7.34. The third kappa shape index (κ3) is 3.69. The summed E-state index contributed by atoms with van der Waals surface area (Å²) in [7, 11) is 0. The highest BCUT2D eigenvalue weighted by Crippen LogP contribution is 2.42. The molecule has 1 saturated carbocycles. The smallest absolute Gasteiger partial charge is 0.0616 e. The van der Waals surface area contributed by atoms with Crippen molar-refractivity contribution < 1.29 is 4.74 Å². The Morgan fingerprint density at radius 1 is 1.29 bits per heavy atom. The van der Waals surface area contributed by atoms with Crippen LogP contribution in [0.5, 0.6) is 0 Å². The van der Waals surface area contributed by atoms with E-state index in [2.05, 4.69) is 33.0 Å². The van der Waals surface area contributed by atoms with E-state index in [1.807, 2.05) is 0 Å². The number of hydrogen-bond donors (Lipinski definition) is 1. The van der Waals surface area contributed by atoms with Gasteiger partial charge in [-0.05, 0) is 44.4 Å². The van der Waals surface area contributed by atoms with E-state index in [9.17, 15) is 0 Å². The Balaban J connectivity index is 1.91. The predicted octanol–water partition coefficient (Wildman–Crippen LogP) is 3.36. The minimum absolute atomic E-state index is 0.399. The largest absolute Gasteiger partial charge is 0.378 e. The van der Waals surface area contributed by atoms with E-state index in [1.165, 1.54) is 32.1 Å². The highest BCUT2D eigenvalue weighted by Gasteiger charge is 2.42. The fraction of sp³-hybridized carbons (Fsp3) is 1.00. The molecular weight excluding hydrogens is 210 g/mol. The van der Waals surface area contributed by atoms with Crippen LogP contribution < -0.4 is 5.32 Å². The maximum Gasteiger partial charge on any atom is 0.0616 e. The molecule has 2 atom stereocenters. The first-order valence-electron chi connectivity index (χ1n) is 7.26. The van der Waals surface area contributed by atoms with Gasteiger partial charge in [0.25, 0.3) is 0 Å². The summed E-state index contributed by atoms with van der Waals surface area (Å²) in [6.45, 7) is 11.4. The lowest BCUT2D eigenvalue weighted by atomic mass is 9.73. The molecule has 100 valence electrons. The van der Waals surface area contributed by atoms with Crippen LogP contribution in [-0.4, -0.2) is 25.3 Å². The topological polar surface area (TPSA) is 21.3 Å². The monoisotopic (exact) mass is 239 g/mol. The Kier molecular flexibility index (Phi) is 3.84. The molecule has 0 spiro atoms. The van der Waals surface area contributed by atoms with Crippen molar-refractivity contribution in [3.05, 3.63) is 0 Å². The Bertz CT molecular complexity index is 254. The average Bonchev–Trinajstić information content (AvgIpc) is 2.98. The van der Waals surface area contributed by atoms with Gasteiger partial charge in [-0.25, -0.2) is 0 Å². The molecule has 0 aromatic rings. The van der Waals surface area contributed by atoms with Gasteiger partial charge in [0.15, 0.2) is 0 Å². The van der Waals surface area contributed by atoms with Crippen LogP contribution in [0, 0.1) is 10.8 Å². The molecule has 1 aliphatic heterocycles. The SMILES string of the molecule is CC1OCCC1(CCC(C)(C)C)CNC1CC1. The van der Waals surface area contributed by atoms with Gasteiger partial charge in [-0.15, -0.1) is 0 Å². The maximum absolute atomic E-state index is 5.85. The molecule has 0 radical (unpaired) electrons. The molecule has 0 bridgehead atoms. The van der Waals surface area contributed by atoms with E-state index in [0.717, 1.165) is 19.2 Å². The fourth-order valence-corrected chi connectivity index (χ4v) is 2.73. The third-order valence-electron chi connectivity index (χ3n) is 4.52. The molecule has 1 heterocycles. The summed E-state index contributed by atoms with van der Waals surface area (Å²) in [6, 6.07) is 0.814. The molecule has 17 heavy (non-hydrogen) atoms. The molecule has 0 aromatic heterocycles. The maximum atomic E-state index is 5.85. The Hall–Kier alpha value is -0.0800. The number of hydrogen-bond acceptors (Lipinski definition) is 2. The van der Waals surface area contributed by atoms with Gasteiger partial charge in [0.2, 0.25) is 0 Å². The van der Waals surface area contributed by atoms with Gasteiger partial charge in [0, 0.05) is 24.6 Å². The normalized spacial score (nSPS) is 34.2. The summed E-state index contributed by atoms with van der Waals surface area (Å²) in [4.78, 5) is 0. The second kappa shape index (κ2) is 4.89. The Morgan fingerprint density at radius 3 is 2.47 bits per heavy atom. The Morgan fingerprint density at radius 2 is 2.00 bits per heavy atom. The summed E-state index contributed by atoms with van der Waals surface area (Å²) in [5, 5.41) is 3.73. The first kappa shape index (κ1) is 13.4. The van der Waals surface area contributed by atoms with Gasteiger partial charge in [0.05, 0.1) is 6.10 Å². The Labute approximate surface area is 107 Å². The summed E-state index contributed by atoms with van der Waals surface area (Å²) in [5.74, 6) is 0. The van der Waals surface area contributed by atoms with Crippen LogP contribution in [0.15, 0.2) is 0 Å². The zero-order valence-electron chi connectivity index (χ0n) is 12.0. The van der Waals surface area contributed by atoms with Gasteiger partial charge in [0.1, 0.15) is 0 Å². The predicted molar refractivity (Wildman–Crippen MR) is 72.2 cm³/mol. The van der Waals surface area contributed by atoms with Gasteiger partial charge in [-0.2, -0.15) is 0 Å². The first-order valence-corrected chi connectivity index (χ1v) is 7.26. The molecule has 2 heteroatoms. The lowest BCUT2D eigenvalue weighted by Gasteiger charge is -2.35. The van der Waals surface area contributed by atoms with Gasteiger partial charge >= 0.3 is 0 Å². The summed E-state index contributed by atoms with van der Waals surface area (Å²) >= 11 is 0. The van der Waals surface area contributed by atoms with E-state index in [4.69, 9.17) is 4.74 Å². The average molecular weight is 239 g/mol. The van der Waals surface area contributed by atoms with Crippen molar-refractivity contribution in [1.29, 1.82) is 0 Å². The van der Waals surface area contributed by atoms with Crippen molar-refractivity contribution in [2.75, 3.05) is 13.2 Å². The zero-order valence-corrected chi connectivity index (χ0v) is 12.0. The first-order chi connectivity index (χ1) is 7.91. The molecule has 2 rings (SSSR count). The molecule has 0 amide bonds. The van der Waals surface area contributed by atoms with E-state index < -0.39 is 0 Å². The van der Waals surface area contributed by atoms with E-state index in [1.54, 1.807) is 0 Å². The molecule has 2 fully saturated rings. The highest BCUT2D eigenvalue weighted by molar-refractivity contribution is 4.94. The van der Waals surface area contributed by atoms with E-state index >= 15 is 0 Å². The van der Waals surface area contributed by atoms with Crippen molar-refractivity contribution in [1.82, 2.24) is 5.32 Å². The summed E-state index contributed by atoms with van der Waals surface area (Å²) in [5.41, 5.74) is 0.838. The lowest BCUT2D eigenvalue weighted by molar-refractivity contribution is 0.0520. The molecule has 2 aliphatic rings. The third-order valence-corrected chi connectivity index (χ3v) is 4.52. The second-order valence-corrected chi connectivity index (χ2v) is 7.34. The number of ether oxygens (including phenoxy) is 1. The van der Waals surface area contributed by atoms with Gasteiger partial charge in [-0.3, -0.25) is 0 Å². The molecule has 1 aliphatic carbocycles. The van der Waals surface area contributed by atoms with Gasteiger partial charge in [-0.1, -0.05) is 20.8 Å². The minimum atomic E-state index is 0.399. The van der Waals surface area contributed by atoms with Crippen molar-refractivity contribution in [3.63, 3.8) is 0 Å². The number of nitrogens with one attached hydrogen (secondary N) is 1. The van der Waals surface area contributed by atoms with E-state index in [-0.39, 0.29) is 0 Å². The molecule has 0 aromatic carbocycles. The zero-order chi connectivity index (χ0) is 12.5. The highest BCUT2D eigenvalue weighted by atomic mass is 16.5. The lowest BCUT2D eigenvalue weighted by Crippen LogP contribution is -2.41. The summed E-state index contributed by atoms with van der Waals surface area (Å²) < 4.78 is 5.85. The standard InChI is InChI=1S/C15H29NO/c1-12-15(9-10-17-12,8-7-14(2,3)4)11-16-13-5-6-13/h12-13,16H,5-11H2,1-4H3. The fourth-order valence-electron chi connectivity index (χ4n) is 2.73. The van der Waals surface area contributed by atoms with Crippen LogP contribution in [0.4, 0.5) is 0 Å². The van der Waals surface area contributed by atoms with Crippen LogP contribution in [0.3, 0.4) is 0 Å². The van der Waals surface area contributed by atoms with Crippen molar-refractivity contribution in [2.45, 2.75) is 71.9 Å². The molecular formula is C15H29NO. The molecule has 2 nitrogen and oxygen atoms in total. The van der Waals surface area contributed by atoms with Crippen molar-refractivity contribution in [2.24, 2.45) is 10.8 Å². The summed E-state index contributed by atoms with van der Waals surface area (Å²) in [6.07, 6.45) is 7.03. The van der Waals surface area contributed by atoms with Crippen LogP contribution in [-0.2, 0) is 4.74 Å². The van der Waals surface area contributed by atoms with Crippen molar-refractivity contribution in [3.8, 4) is 0 Å². The number of rotatable bonds is 5. The van der Waals surface area contributed by atoms with Crippen LogP contribution in [0.1, 0.15) is 59.8 Å². The van der Waals surface area contributed by atoms with Crippen molar-refractivity contribution >= 4 is 0 Å². The molecule has 1 saturated heterocycles. The quantitative estimate of drug-likeness (QED) is 0.794. The van der Waals surface area contributed by atoms with E-state index in [0.29, 0.717) is 16.9 Å². The van der Waals surface area contributed by atoms with Crippen LogP contribution >= 0.6 is 0 Å². The van der Waals surface area contributed by atoms with Crippen LogP contribution in [0.2, 0.25) is 0 Å². The van der Waals surface area contributed by atoms with Crippen LogP contribution in [0.25, 0.3) is 0 Å².